The first-order valence-corrected chi connectivity index (χ1v) is 13.1. The lowest BCUT2D eigenvalue weighted by atomic mass is 9.96. The Labute approximate surface area is 199 Å². The lowest BCUT2D eigenvalue weighted by Crippen LogP contribution is -2.52. The molecular formula is C25H30N4O4S. The first-order valence-electron chi connectivity index (χ1n) is 11.7. The summed E-state index contributed by atoms with van der Waals surface area (Å²) in [5.74, 6) is -0.262. The number of nitrogens with one attached hydrogen (secondary N) is 2. The van der Waals surface area contributed by atoms with Crippen LogP contribution in [-0.2, 0) is 26.8 Å². The van der Waals surface area contributed by atoms with Gasteiger partial charge in [0.1, 0.15) is 0 Å². The molecule has 1 unspecified atom stereocenters. The van der Waals surface area contributed by atoms with Crippen LogP contribution in [0.1, 0.15) is 61.0 Å². The second-order valence-electron chi connectivity index (χ2n) is 10.2. The number of carbonyl (C=O) groups excluding carboxylic acids is 2. The number of amides is 2. The summed E-state index contributed by atoms with van der Waals surface area (Å²) in [4.78, 5) is 24.7. The van der Waals surface area contributed by atoms with E-state index in [-0.39, 0.29) is 41.3 Å². The van der Waals surface area contributed by atoms with Gasteiger partial charge < -0.3 is 16.4 Å². The molecule has 2 amide bonds. The third-order valence-corrected chi connectivity index (χ3v) is 9.19. The molecule has 3 atom stereocenters. The number of rotatable bonds is 5. The summed E-state index contributed by atoms with van der Waals surface area (Å²) < 4.78 is 28.6. The predicted molar refractivity (Wildman–Crippen MR) is 129 cm³/mol. The molecule has 2 fully saturated rings. The van der Waals surface area contributed by atoms with Gasteiger partial charge in [0.05, 0.1) is 11.3 Å². The molecule has 0 aromatic heterocycles. The topological polar surface area (TPSA) is 122 Å². The maximum Gasteiger partial charge on any atom is 0.251 e. The molecule has 2 bridgehead atoms. The van der Waals surface area contributed by atoms with E-state index >= 15 is 0 Å². The molecule has 3 aliphatic heterocycles. The van der Waals surface area contributed by atoms with Crippen molar-refractivity contribution < 1.29 is 18.0 Å². The van der Waals surface area contributed by atoms with Crippen molar-refractivity contribution in [3.8, 4) is 0 Å². The van der Waals surface area contributed by atoms with Crippen LogP contribution in [0.4, 0.5) is 5.69 Å². The molecule has 8 nitrogen and oxygen atoms in total. The molecule has 2 saturated heterocycles. The number of anilines is 1. The summed E-state index contributed by atoms with van der Waals surface area (Å²) in [6.07, 6.45) is 3.02. The van der Waals surface area contributed by atoms with Gasteiger partial charge in [0, 0.05) is 34.9 Å². The number of benzene rings is 2. The fourth-order valence-electron chi connectivity index (χ4n) is 5.46. The number of fused-ring (bicyclic) bond motifs is 3. The lowest BCUT2D eigenvalue weighted by molar-refractivity contribution is -0.115. The molecule has 9 heteroatoms. The SMILES string of the molecule is CC(C)(N)c1ccc(S(=O)(=O)N2[C@@H]3CC[C@H]2CC(NC(=O)c2ccc4c(c2)CC(=O)N4)C3)cc1. The van der Waals surface area contributed by atoms with E-state index in [0.29, 0.717) is 18.4 Å². The minimum atomic E-state index is -3.64. The quantitative estimate of drug-likeness (QED) is 0.605. The van der Waals surface area contributed by atoms with Crippen molar-refractivity contribution in [2.24, 2.45) is 5.73 Å². The van der Waals surface area contributed by atoms with E-state index in [2.05, 4.69) is 10.6 Å². The molecule has 4 N–H and O–H groups in total. The van der Waals surface area contributed by atoms with E-state index in [1.54, 1.807) is 46.8 Å². The second-order valence-corrected chi connectivity index (χ2v) is 12.0. The van der Waals surface area contributed by atoms with Crippen LogP contribution >= 0.6 is 0 Å². The smallest absolute Gasteiger partial charge is 0.251 e. The Kier molecular flexibility index (Phi) is 5.54. The van der Waals surface area contributed by atoms with Crippen LogP contribution in [0.15, 0.2) is 47.4 Å². The minimum Gasteiger partial charge on any atom is -0.349 e. The average Bonchev–Trinajstić information content (AvgIpc) is 3.29. The van der Waals surface area contributed by atoms with Crippen molar-refractivity contribution in [3.05, 3.63) is 59.2 Å². The number of hydrogen-bond acceptors (Lipinski definition) is 5. The highest BCUT2D eigenvalue weighted by atomic mass is 32.2. The van der Waals surface area contributed by atoms with Gasteiger partial charge in [-0.15, -0.1) is 0 Å². The van der Waals surface area contributed by atoms with Gasteiger partial charge in [-0.3, -0.25) is 9.59 Å². The van der Waals surface area contributed by atoms with Crippen molar-refractivity contribution in [3.63, 3.8) is 0 Å². The minimum absolute atomic E-state index is 0.0703. The second kappa shape index (κ2) is 8.18. The first kappa shape index (κ1) is 23.0. The van der Waals surface area contributed by atoms with Crippen molar-refractivity contribution in [2.75, 3.05) is 5.32 Å². The Morgan fingerprint density at radius 3 is 2.35 bits per heavy atom. The summed E-state index contributed by atoms with van der Waals surface area (Å²) in [5.41, 5.74) is 8.56. The van der Waals surface area contributed by atoms with Crippen LogP contribution in [-0.4, -0.2) is 42.7 Å². The Hall–Kier alpha value is -2.75. The largest absolute Gasteiger partial charge is 0.349 e. The van der Waals surface area contributed by atoms with Crippen LogP contribution < -0.4 is 16.4 Å². The van der Waals surface area contributed by atoms with Crippen molar-refractivity contribution in [2.45, 2.75) is 74.5 Å². The third kappa shape index (κ3) is 4.12. The fourth-order valence-corrected chi connectivity index (χ4v) is 7.35. The zero-order valence-electron chi connectivity index (χ0n) is 19.4. The van der Waals surface area contributed by atoms with Gasteiger partial charge in [-0.25, -0.2) is 8.42 Å². The van der Waals surface area contributed by atoms with Crippen LogP contribution in [0.3, 0.4) is 0 Å². The first-order chi connectivity index (χ1) is 16.0. The maximum atomic E-state index is 13.5. The molecule has 0 spiro atoms. The van der Waals surface area contributed by atoms with Crippen molar-refractivity contribution in [1.29, 1.82) is 0 Å². The number of hydrogen-bond donors (Lipinski definition) is 3. The van der Waals surface area contributed by atoms with E-state index in [4.69, 9.17) is 5.73 Å². The maximum absolute atomic E-state index is 13.5. The summed E-state index contributed by atoms with van der Waals surface area (Å²) in [6, 6.07) is 11.7. The van der Waals surface area contributed by atoms with Crippen molar-refractivity contribution >= 4 is 27.5 Å². The van der Waals surface area contributed by atoms with E-state index in [1.807, 2.05) is 13.8 Å². The zero-order valence-corrected chi connectivity index (χ0v) is 20.2. The molecule has 34 heavy (non-hydrogen) atoms. The highest BCUT2D eigenvalue weighted by molar-refractivity contribution is 7.89. The van der Waals surface area contributed by atoms with E-state index in [1.165, 1.54) is 0 Å². The number of nitrogens with two attached hydrogens (primary N) is 1. The number of nitrogens with zero attached hydrogens (tertiary/aromatic N) is 1. The molecular weight excluding hydrogens is 452 g/mol. The molecule has 3 aliphatic rings. The van der Waals surface area contributed by atoms with Crippen LogP contribution in [0.2, 0.25) is 0 Å². The van der Waals surface area contributed by atoms with E-state index < -0.39 is 15.6 Å². The molecule has 2 aromatic rings. The number of piperidine rings is 1. The van der Waals surface area contributed by atoms with Gasteiger partial charge >= 0.3 is 0 Å². The highest BCUT2D eigenvalue weighted by Crippen LogP contribution is 2.40. The predicted octanol–water partition coefficient (Wildman–Crippen LogP) is 2.49. The average molecular weight is 483 g/mol. The standard InChI is InChI=1S/C25H30N4O4S/c1-25(2,26)17-4-8-21(9-5-17)34(32,33)29-19-6-7-20(29)14-18(13-19)27-24(31)15-3-10-22-16(11-15)12-23(30)28-22/h3-5,8-11,18-20H,6-7,12-14,26H2,1-2H3,(H,27,31)(H,28,30)/t18?,19-,20+. The third-order valence-electron chi connectivity index (χ3n) is 7.17. The highest BCUT2D eigenvalue weighted by Gasteiger charge is 2.47. The van der Waals surface area contributed by atoms with Gasteiger partial charge in [0.25, 0.3) is 5.91 Å². The molecule has 5 rings (SSSR count). The lowest BCUT2D eigenvalue weighted by Gasteiger charge is -2.38. The van der Waals surface area contributed by atoms with Crippen LogP contribution in [0.25, 0.3) is 0 Å². The summed E-state index contributed by atoms with van der Waals surface area (Å²) in [6.45, 7) is 3.77. The van der Waals surface area contributed by atoms with Crippen molar-refractivity contribution in [1.82, 2.24) is 9.62 Å². The van der Waals surface area contributed by atoms with Gasteiger partial charge in [0.15, 0.2) is 0 Å². The molecule has 2 aromatic carbocycles. The van der Waals surface area contributed by atoms with Crippen LogP contribution in [0, 0.1) is 0 Å². The summed E-state index contributed by atoms with van der Waals surface area (Å²) >= 11 is 0. The molecule has 3 heterocycles. The van der Waals surface area contributed by atoms with Gasteiger partial charge in [0.2, 0.25) is 15.9 Å². The molecule has 0 aliphatic carbocycles. The zero-order chi connectivity index (χ0) is 24.3. The Balaban J connectivity index is 1.28. The molecule has 0 saturated carbocycles. The van der Waals surface area contributed by atoms with E-state index in [0.717, 1.165) is 29.7 Å². The Morgan fingerprint density at radius 1 is 1.09 bits per heavy atom. The fraction of sp³-hybridized carbons (Fsp3) is 0.440. The summed E-state index contributed by atoms with van der Waals surface area (Å²) in [7, 11) is -3.64. The number of carbonyl (C=O) groups is 2. The normalized spacial score (nSPS) is 24.6. The number of sulfonamides is 1. The van der Waals surface area contributed by atoms with Gasteiger partial charge in [-0.2, -0.15) is 4.31 Å². The molecule has 0 radical (unpaired) electrons. The Bertz CT molecular complexity index is 1240. The Morgan fingerprint density at radius 2 is 1.74 bits per heavy atom. The van der Waals surface area contributed by atoms with E-state index in [9.17, 15) is 18.0 Å². The van der Waals surface area contributed by atoms with Crippen LogP contribution in [0.5, 0.6) is 0 Å². The summed E-state index contributed by atoms with van der Waals surface area (Å²) in [5, 5.41) is 5.86. The monoisotopic (exact) mass is 482 g/mol. The van der Waals surface area contributed by atoms with Gasteiger partial charge in [-0.1, -0.05) is 12.1 Å². The van der Waals surface area contributed by atoms with Gasteiger partial charge in [-0.05, 0) is 81.0 Å². The molecule has 180 valence electrons.